The van der Waals surface area contributed by atoms with Crippen LogP contribution < -0.4 is 0 Å². The van der Waals surface area contributed by atoms with E-state index in [0.717, 1.165) is 5.56 Å². The number of rotatable bonds is 4. The van der Waals surface area contributed by atoms with Crippen molar-refractivity contribution < 1.29 is 14.6 Å². The van der Waals surface area contributed by atoms with Crippen LogP contribution >= 0.6 is 0 Å². The van der Waals surface area contributed by atoms with E-state index in [0.29, 0.717) is 0 Å². The van der Waals surface area contributed by atoms with Gasteiger partial charge in [-0.05, 0) is 12.5 Å². The fourth-order valence-electron chi connectivity index (χ4n) is 1.29. The molecule has 3 heteroatoms. The van der Waals surface area contributed by atoms with E-state index in [2.05, 4.69) is 4.74 Å². The minimum Gasteiger partial charge on any atom is -0.467 e. The smallest absolute Gasteiger partial charge is 0.337 e. The summed E-state index contributed by atoms with van der Waals surface area (Å²) in [5.74, 6) is -0.620. The molecule has 0 fully saturated rings. The number of hydrogen-bond donors (Lipinski definition) is 1. The van der Waals surface area contributed by atoms with Crippen molar-refractivity contribution >= 4 is 12.0 Å². The van der Waals surface area contributed by atoms with Crippen molar-refractivity contribution in [3.63, 3.8) is 0 Å². The fraction of sp³-hybridized carbons (Fsp3) is 0.308. The van der Waals surface area contributed by atoms with Crippen LogP contribution in [-0.4, -0.2) is 23.8 Å². The molecule has 0 aliphatic rings. The number of methoxy groups -OCH3 is 1. The Morgan fingerprint density at radius 2 is 2.06 bits per heavy atom. The van der Waals surface area contributed by atoms with Gasteiger partial charge in [0.25, 0.3) is 0 Å². The lowest BCUT2D eigenvalue weighted by molar-refractivity contribution is -0.160. The fourth-order valence-corrected chi connectivity index (χ4v) is 1.29. The molecule has 0 aliphatic carbocycles. The largest absolute Gasteiger partial charge is 0.467 e. The summed E-state index contributed by atoms with van der Waals surface area (Å²) < 4.78 is 4.49. The van der Waals surface area contributed by atoms with Gasteiger partial charge in [-0.1, -0.05) is 42.5 Å². The number of benzene rings is 1. The van der Waals surface area contributed by atoms with Crippen LogP contribution in [0.5, 0.6) is 0 Å². The standard InChI is InChI=1S/C13H16O3/c1-13(15,12(14)16-2)10-6-9-11-7-4-3-5-8-11/h3-9,15H,10H2,1-2H3/b9-6+/t13-/m1/s1. The molecule has 1 aromatic carbocycles. The summed E-state index contributed by atoms with van der Waals surface area (Å²) in [7, 11) is 1.26. The van der Waals surface area contributed by atoms with Crippen LogP contribution in [0.1, 0.15) is 18.9 Å². The molecule has 0 radical (unpaired) electrons. The summed E-state index contributed by atoms with van der Waals surface area (Å²) in [6.07, 6.45) is 3.85. The van der Waals surface area contributed by atoms with E-state index < -0.39 is 11.6 Å². The molecular weight excluding hydrogens is 204 g/mol. The molecule has 0 aromatic heterocycles. The molecule has 0 heterocycles. The maximum absolute atomic E-state index is 11.2. The number of carbonyl (C=O) groups is 1. The second kappa shape index (κ2) is 5.47. The van der Waals surface area contributed by atoms with Crippen molar-refractivity contribution in [1.29, 1.82) is 0 Å². The molecule has 0 spiro atoms. The van der Waals surface area contributed by atoms with Crippen molar-refractivity contribution in [3.8, 4) is 0 Å². The average Bonchev–Trinajstić information content (AvgIpc) is 2.29. The maximum Gasteiger partial charge on any atom is 0.337 e. The first-order valence-electron chi connectivity index (χ1n) is 5.08. The number of carbonyl (C=O) groups excluding carboxylic acids is 1. The summed E-state index contributed by atoms with van der Waals surface area (Å²) in [5.41, 5.74) is -0.428. The van der Waals surface area contributed by atoms with Crippen LogP contribution in [-0.2, 0) is 9.53 Å². The summed E-state index contributed by atoms with van der Waals surface area (Å²) in [4.78, 5) is 11.2. The minimum absolute atomic E-state index is 0.231. The highest BCUT2D eigenvalue weighted by Gasteiger charge is 2.29. The van der Waals surface area contributed by atoms with Gasteiger partial charge in [0, 0.05) is 6.42 Å². The Morgan fingerprint density at radius 3 is 2.62 bits per heavy atom. The first-order valence-corrected chi connectivity index (χ1v) is 5.08. The third-order valence-corrected chi connectivity index (χ3v) is 2.25. The average molecular weight is 220 g/mol. The first-order chi connectivity index (χ1) is 7.56. The van der Waals surface area contributed by atoms with E-state index in [-0.39, 0.29) is 6.42 Å². The van der Waals surface area contributed by atoms with Gasteiger partial charge >= 0.3 is 5.97 Å². The zero-order valence-corrected chi connectivity index (χ0v) is 9.51. The summed E-state index contributed by atoms with van der Waals surface area (Å²) in [5, 5.41) is 9.74. The van der Waals surface area contributed by atoms with Crippen molar-refractivity contribution in [3.05, 3.63) is 42.0 Å². The lowest BCUT2D eigenvalue weighted by atomic mass is 10.0. The Morgan fingerprint density at radius 1 is 1.44 bits per heavy atom. The normalized spacial score (nSPS) is 14.7. The number of hydrogen-bond acceptors (Lipinski definition) is 3. The van der Waals surface area contributed by atoms with Crippen LogP contribution in [0.3, 0.4) is 0 Å². The highest BCUT2D eigenvalue weighted by atomic mass is 16.5. The molecule has 86 valence electrons. The minimum atomic E-state index is -1.46. The van der Waals surface area contributed by atoms with E-state index in [1.807, 2.05) is 36.4 Å². The van der Waals surface area contributed by atoms with E-state index in [4.69, 9.17) is 0 Å². The molecule has 1 rings (SSSR count). The summed E-state index contributed by atoms with van der Waals surface area (Å²) >= 11 is 0. The Balaban J connectivity index is 2.58. The van der Waals surface area contributed by atoms with Crippen LogP contribution in [0.15, 0.2) is 36.4 Å². The Labute approximate surface area is 95.4 Å². The van der Waals surface area contributed by atoms with Gasteiger partial charge in [0.1, 0.15) is 0 Å². The SMILES string of the molecule is COC(=O)[C@](C)(O)C/C=C/c1ccccc1. The predicted octanol–water partition coefficient (Wildman–Crippen LogP) is 2.01. The van der Waals surface area contributed by atoms with Gasteiger partial charge in [-0.3, -0.25) is 0 Å². The van der Waals surface area contributed by atoms with Gasteiger partial charge in [0.05, 0.1) is 7.11 Å². The van der Waals surface area contributed by atoms with Crippen LogP contribution in [0.4, 0.5) is 0 Å². The Kier molecular flexibility index (Phi) is 4.26. The summed E-state index contributed by atoms with van der Waals surface area (Å²) in [6.45, 7) is 1.44. The lowest BCUT2D eigenvalue weighted by Gasteiger charge is -2.17. The van der Waals surface area contributed by atoms with Crippen LogP contribution in [0.2, 0.25) is 0 Å². The Bertz CT molecular complexity index is 366. The van der Waals surface area contributed by atoms with Gasteiger partial charge in [0.15, 0.2) is 5.60 Å². The number of esters is 1. The van der Waals surface area contributed by atoms with Gasteiger partial charge in [0.2, 0.25) is 0 Å². The van der Waals surface area contributed by atoms with E-state index >= 15 is 0 Å². The van der Waals surface area contributed by atoms with E-state index in [1.54, 1.807) is 6.08 Å². The van der Waals surface area contributed by atoms with E-state index in [9.17, 15) is 9.90 Å². The van der Waals surface area contributed by atoms with Gasteiger partial charge in [-0.2, -0.15) is 0 Å². The van der Waals surface area contributed by atoms with Gasteiger partial charge in [-0.25, -0.2) is 4.79 Å². The molecule has 0 unspecified atom stereocenters. The van der Waals surface area contributed by atoms with Gasteiger partial charge in [-0.15, -0.1) is 0 Å². The molecule has 0 saturated heterocycles. The quantitative estimate of drug-likeness (QED) is 0.789. The Hall–Kier alpha value is -1.61. The molecule has 3 nitrogen and oxygen atoms in total. The van der Waals surface area contributed by atoms with E-state index in [1.165, 1.54) is 14.0 Å². The molecule has 0 amide bonds. The van der Waals surface area contributed by atoms with Crippen LogP contribution in [0, 0.1) is 0 Å². The molecule has 1 aromatic rings. The van der Waals surface area contributed by atoms with Crippen molar-refractivity contribution in [2.45, 2.75) is 18.9 Å². The maximum atomic E-state index is 11.2. The summed E-state index contributed by atoms with van der Waals surface area (Å²) in [6, 6.07) is 9.69. The molecule has 16 heavy (non-hydrogen) atoms. The molecule has 0 aliphatic heterocycles. The molecule has 1 N–H and O–H groups in total. The highest BCUT2D eigenvalue weighted by molar-refractivity contribution is 5.79. The second-order valence-electron chi connectivity index (χ2n) is 3.78. The van der Waals surface area contributed by atoms with Crippen molar-refractivity contribution in [1.82, 2.24) is 0 Å². The van der Waals surface area contributed by atoms with Crippen molar-refractivity contribution in [2.24, 2.45) is 0 Å². The molecule has 1 atom stereocenters. The number of ether oxygens (including phenoxy) is 1. The van der Waals surface area contributed by atoms with Crippen molar-refractivity contribution in [2.75, 3.05) is 7.11 Å². The molecule has 0 saturated carbocycles. The monoisotopic (exact) mass is 220 g/mol. The highest BCUT2D eigenvalue weighted by Crippen LogP contribution is 2.13. The first kappa shape index (κ1) is 12.5. The van der Waals surface area contributed by atoms with Crippen LogP contribution in [0.25, 0.3) is 6.08 Å². The zero-order chi connectivity index (χ0) is 12.0. The third-order valence-electron chi connectivity index (χ3n) is 2.25. The third kappa shape index (κ3) is 3.51. The lowest BCUT2D eigenvalue weighted by Crippen LogP contribution is -2.35. The van der Waals surface area contributed by atoms with Gasteiger partial charge < -0.3 is 9.84 Å². The predicted molar refractivity (Wildman–Crippen MR) is 62.7 cm³/mol. The second-order valence-corrected chi connectivity index (χ2v) is 3.78. The topological polar surface area (TPSA) is 46.5 Å². The number of aliphatic hydroxyl groups is 1. The molecule has 0 bridgehead atoms. The molecular formula is C13H16O3. The zero-order valence-electron chi connectivity index (χ0n) is 9.51.